The zero-order valence-electron chi connectivity index (χ0n) is 11.7. The number of carbonyl (C=O) groups excluding carboxylic acids is 1. The first-order chi connectivity index (χ1) is 9.59. The van der Waals surface area contributed by atoms with Crippen molar-refractivity contribution in [1.82, 2.24) is 0 Å². The standard InChI is InChI=1S/C17H20O3/c1-3-17(19)11-10-14(16(18)20-4-2)15(12-17)13-8-6-5-7-9-13/h1,5-9,14-15,19H,4,10-12H2,2H3/t14-,15+,17-/m1/s1. The second-order valence-corrected chi connectivity index (χ2v) is 5.29. The molecule has 3 atom stereocenters. The molecule has 20 heavy (non-hydrogen) atoms. The number of rotatable bonds is 3. The average molecular weight is 272 g/mol. The van der Waals surface area contributed by atoms with Crippen LogP contribution in [0.15, 0.2) is 30.3 Å². The Morgan fingerprint density at radius 3 is 2.80 bits per heavy atom. The first kappa shape index (κ1) is 14.6. The van der Waals surface area contributed by atoms with Crippen LogP contribution < -0.4 is 0 Å². The van der Waals surface area contributed by atoms with Gasteiger partial charge in [-0.1, -0.05) is 36.3 Å². The highest BCUT2D eigenvalue weighted by Crippen LogP contribution is 2.42. The Bertz CT molecular complexity index is 503. The van der Waals surface area contributed by atoms with Crippen molar-refractivity contribution in [3.63, 3.8) is 0 Å². The summed E-state index contributed by atoms with van der Waals surface area (Å²) in [6.07, 6.45) is 6.84. The summed E-state index contributed by atoms with van der Waals surface area (Å²) in [4.78, 5) is 12.1. The molecular weight excluding hydrogens is 252 g/mol. The first-order valence-corrected chi connectivity index (χ1v) is 7.01. The van der Waals surface area contributed by atoms with Gasteiger partial charge in [0.15, 0.2) is 0 Å². The molecule has 0 unspecified atom stereocenters. The number of esters is 1. The van der Waals surface area contributed by atoms with Crippen molar-refractivity contribution in [3.05, 3.63) is 35.9 Å². The second kappa shape index (κ2) is 6.11. The Labute approximate surface area is 120 Å². The zero-order valence-corrected chi connectivity index (χ0v) is 11.7. The lowest BCUT2D eigenvalue weighted by molar-refractivity contribution is -0.151. The van der Waals surface area contributed by atoms with Crippen LogP contribution in [0.3, 0.4) is 0 Å². The highest BCUT2D eigenvalue weighted by Gasteiger charge is 2.42. The van der Waals surface area contributed by atoms with Gasteiger partial charge in [0.1, 0.15) is 5.60 Å². The van der Waals surface area contributed by atoms with Gasteiger partial charge in [-0.05, 0) is 31.7 Å². The number of aliphatic hydroxyl groups is 1. The third kappa shape index (κ3) is 3.02. The minimum absolute atomic E-state index is 0.0925. The second-order valence-electron chi connectivity index (χ2n) is 5.29. The van der Waals surface area contributed by atoms with Gasteiger partial charge in [0, 0.05) is 5.92 Å². The molecule has 0 saturated heterocycles. The van der Waals surface area contributed by atoms with Crippen LogP contribution >= 0.6 is 0 Å². The molecular formula is C17H20O3. The summed E-state index contributed by atoms with van der Waals surface area (Å²) >= 11 is 0. The minimum Gasteiger partial charge on any atom is -0.466 e. The fourth-order valence-corrected chi connectivity index (χ4v) is 2.92. The normalized spacial score (nSPS) is 29.4. The van der Waals surface area contributed by atoms with Crippen molar-refractivity contribution < 1.29 is 14.6 Å². The Balaban J connectivity index is 2.28. The molecule has 0 spiro atoms. The lowest BCUT2D eigenvalue weighted by atomic mass is 9.69. The van der Waals surface area contributed by atoms with Gasteiger partial charge in [-0.25, -0.2) is 0 Å². The number of benzene rings is 1. The molecule has 1 aliphatic carbocycles. The predicted octanol–water partition coefficient (Wildman–Crippen LogP) is 2.50. The van der Waals surface area contributed by atoms with E-state index in [2.05, 4.69) is 5.92 Å². The number of carbonyl (C=O) groups is 1. The fraction of sp³-hybridized carbons (Fsp3) is 0.471. The lowest BCUT2D eigenvalue weighted by Gasteiger charge is -2.38. The summed E-state index contributed by atoms with van der Waals surface area (Å²) in [6, 6.07) is 9.74. The zero-order chi connectivity index (χ0) is 14.6. The number of terminal acetylenes is 1. The highest BCUT2D eigenvalue weighted by molar-refractivity contribution is 5.74. The monoisotopic (exact) mass is 272 g/mol. The molecule has 1 aliphatic rings. The molecule has 0 radical (unpaired) electrons. The average Bonchev–Trinajstić information content (AvgIpc) is 2.48. The molecule has 1 aromatic carbocycles. The van der Waals surface area contributed by atoms with Gasteiger partial charge in [0.25, 0.3) is 0 Å². The van der Waals surface area contributed by atoms with Gasteiger partial charge >= 0.3 is 5.97 Å². The molecule has 0 bridgehead atoms. The summed E-state index contributed by atoms with van der Waals surface area (Å²) < 4.78 is 5.16. The van der Waals surface area contributed by atoms with E-state index in [0.717, 1.165) is 5.56 Å². The molecule has 1 saturated carbocycles. The summed E-state index contributed by atoms with van der Waals surface area (Å²) in [6.45, 7) is 2.17. The van der Waals surface area contributed by atoms with Crippen LogP contribution in [0.5, 0.6) is 0 Å². The van der Waals surface area contributed by atoms with Crippen LogP contribution in [0.4, 0.5) is 0 Å². The van der Waals surface area contributed by atoms with E-state index in [4.69, 9.17) is 11.2 Å². The Morgan fingerprint density at radius 1 is 1.50 bits per heavy atom. The molecule has 2 rings (SSSR count). The summed E-state index contributed by atoms with van der Waals surface area (Å²) in [7, 11) is 0. The maximum atomic E-state index is 12.1. The van der Waals surface area contributed by atoms with Crippen molar-refractivity contribution in [2.75, 3.05) is 6.61 Å². The molecule has 0 aromatic heterocycles. The number of ether oxygens (including phenoxy) is 1. The van der Waals surface area contributed by atoms with Crippen molar-refractivity contribution in [2.45, 2.75) is 37.7 Å². The van der Waals surface area contributed by atoms with Crippen molar-refractivity contribution in [3.8, 4) is 12.3 Å². The third-order valence-corrected chi connectivity index (χ3v) is 4.00. The maximum Gasteiger partial charge on any atom is 0.309 e. The maximum absolute atomic E-state index is 12.1. The van der Waals surface area contributed by atoms with Crippen LogP contribution in [0, 0.1) is 18.3 Å². The highest BCUT2D eigenvalue weighted by atomic mass is 16.5. The Morgan fingerprint density at radius 2 is 2.20 bits per heavy atom. The van der Waals surface area contributed by atoms with Crippen molar-refractivity contribution in [1.29, 1.82) is 0 Å². The smallest absolute Gasteiger partial charge is 0.309 e. The van der Waals surface area contributed by atoms with Gasteiger partial charge in [0.05, 0.1) is 12.5 Å². The molecule has 1 fully saturated rings. The van der Waals surface area contributed by atoms with Crippen LogP contribution in [0.2, 0.25) is 0 Å². The number of hydrogen-bond acceptors (Lipinski definition) is 3. The summed E-state index contributed by atoms with van der Waals surface area (Å²) in [5.41, 5.74) is -0.0947. The van der Waals surface area contributed by atoms with Crippen LogP contribution in [0.25, 0.3) is 0 Å². The Kier molecular flexibility index (Phi) is 4.46. The number of hydrogen-bond donors (Lipinski definition) is 1. The van der Waals surface area contributed by atoms with E-state index in [1.807, 2.05) is 30.3 Å². The molecule has 0 aliphatic heterocycles. The molecule has 3 heteroatoms. The predicted molar refractivity (Wildman–Crippen MR) is 76.9 cm³/mol. The van der Waals surface area contributed by atoms with Crippen LogP contribution in [-0.4, -0.2) is 23.3 Å². The fourth-order valence-electron chi connectivity index (χ4n) is 2.92. The van der Waals surface area contributed by atoms with Crippen molar-refractivity contribution in [2.24, 2.45) is 5.92 Å². The van der Waals surface area contributed by atoms with Gasteiger partial charge < -0.3 is 9.84 Å². The van der Waals surface area contributed by atoms with Gasteiger partial charge in [-0.3, -0.25) is 4.79 Å². The summed E-state index contributed by atoms with van der Waals surface area (Å²) in [5, 5.41) is 10.4. The third-order valence-electron chi connectivity index (χ3n) is 4.00. The van der Waals surface area contributed by atoms with Crippen LogP contribution in [0.1, 0.15) is 37.7 Å². The van der Waals surface area contributed by atoms with Gasteiger partial charge in [-0.2, -0.15) is 0 Å². The molecule has 1 aromatic rings. The molecule has 3 nitrogen and oxygen atoms in total. The molecule has 0 heterocycles. The van der Waals surface area contributed by atoms with E-state index >= 15 is 0 Å². The Hall–Kier alpha value is -1.79. The first-order valence-electron chi connectivity index (χ1n) is 7.01. The van der Waals surface area contributed by atoms with E-state index in [9.17, 15) is 9.90 Å². The molecule has 1 N–H and O–H groups in total. The summed E-state index contributed by atoms with van der Waals surface area (Å²) in [5.74, 6) is 1.96. The van der Waals surface area contributed by atoms with Crippen LogP contribution in [-0.2, 0) is 9.53 Å². The van der Waals surface area contributed by atoms with E-state index in [0.29, 0.717) is 25.9 Å². The molecule has 106 valence electrons. The van der Waals surface area contributed by atoms with Gasteiger partial charge in [-0.15, -0.1) is 6.42 Å². The van der Waals surface area contributed by atoms with E-state index < -0.39 is 5.60 Å². The lowest BCUT2D eigenvalue weighted by Crippen LogP contribution is -2.40. The van der Waals surface area contributed by atoms with E-state index in [-0.39, 0.29) is 17.8 Å². The largest absolute Gasteiger partial charge is 0.466 e. The van der Waals surface area contributed by atoms with E-state index in [1.54, 1.807) is 6.92 Å². The van der Waals surface area contributed by atoms with Gasteiger partial charge in [0.2, 0.25) is 0 Å². The molecule has 0 amide bonds. The topological polar surface area (TPSA) is 46.5 Å². The SMILES string of the molecule is C#C[C@@]1(O)CC[C@@H](C(=O)OCC)[C@H](c2ccccc2)C1. The van der Waals surface area contributed by atoms with E-state index in [1.165, 1.54) is 0 Å². The van der Waals surface area contributed by atoms with Crippen molar-refractivity contribution >= 4 is 5.97 Å². The quantitative estimate of drug-likeness (QED) is 0.679. The minimum atomic E-state index is -1.12.